The number of benzene rings is 1. The van der Waals surface area contributed by atoms with E-state index in [2.05, 4.69) is 58.4 Å². The number of nitrogens with zero attached hydrogens (tertiary/aromatic N) is 1. The molecule has 0 aliphatic heterocycles. The molecule has 0 saturated carbocycles. The largest absolute Gasteiger partial charge is 0.481 e. The maximum atomic E-state index is 6.49. The monoisotopic (exact) mass is 373 g/mol. The van der Waals surface area contributed by atoms with Crippen molar-refractivity contribution in [2.24, 2.45) is 4.99 Å². The van der Waals surface area contributed by atoms with Crippen LogP contribution in [0.4, 0.5) is 5.69 Å². The lowest BCUT2D eigenvalue weighted by Gasteiger charge is -2.41. The lowest BCUT2D eigenvalue weighted by atomic mass is 10.2. The van der Waals surface area contributed by atoms with Crippen LogP contribution in [0.5, 0.6) is 0 Å². The third kappa shape index (κ3) is 6.00. The summed E-state index contributed by atoms with van der Waals surface area (Å²) in [4.78, 5) is 4.38. The fraction of sp³-hybridized carbons (Fsp3) is 0.591. The maximum absolute atomic E-state index is 6.49. The van der Waals surface area contributed by atoms with Gasteiger partial charge in [-0.15, -0.1) is 0 Å². The van der Waals surface area contributed by atoms with Crippen LogP contribution in [0.3, 0.4) is 0 Å². The topological polar surface area (TPSA) is 30.8 Å². The van der Waals surface area contributed by atoms with Gasteiger partial charge in [0, 0.05) is 0 Å². The van der Waals surface area contributed by atoms with Gasteiger partial charge in [-0.3, -0.25) is 0 Å². The number of hydrogen-bond acceptors (Lipinski definition) is 3. The van der Waals surface area contributed by atoms with E-state index < -0.39 is 8.32 Å². The Bertz CT molecular complexity index is 617. The third-order valence-electron chi connectivity index (χ3n) is 4.75. The van der Waals surface area contributed by atoms with Crippen molar-refractivity contribution in [3.8, 4) is 11.8 Å². The Kier molecular flexibility index (Phi) is 9.11. The van der Waals surface area contributed by atoms with E-state index in [-0.39, 0.29) is 6.10 Å². The van der Waals surface area contributed by atoms with Crippen LogP contribution in [-0.2, 0) is 9.16 Å². The lowest BCUT2D eigenvalue weighted by molar-refractivity contribution is 0.241. The van der Waals surface area contributed by atoms with Crippen LogP contribution < -0.4 is 0 Å². The molecule has 0 spiro atoms. The van der Waals surface area contributed by atoms with Gasteiger partial charge < -0.3 is 9.16 Å². The number of ether oxygens (including phenoxy) is 1. The van der Waals surface area contributed by atoms with Crippen LogP contribution in [0.25, 0.3) is 0 Å². The van der Waals surface area contributed by atoms with Crippen LogP contribution in [0, 0.1) is 11.8 Å². The molecule has 0 unspecified atom stereocenters. The fourth-order valence-electron chi connectivity index (χ4n) is 3.69. The van der Waals surface area contributed by atoms with Gasteiger partial charge in [-0.25, -0.2) is 4.99 Å². The molecule has 1 aromatic rings. The molecule has 3 nitrogen and oxygen atoms in total. The predicted molar refractivity (Wildman–Crippen MR) is 115 cm³/mol. The Morgan fingerprint density at radius 1 is 0.962 bits per heavy atom. The standard InChI is InChI=1S/C22H35NO2Si/c1-17(2)24-16-23-22-14-10-9-12-21(22)13-11-15-25-26(18(3)4,19(5)6)20(7)8/h9-10,12,14,16-20H,15H2,1-8H3. The van der Waals surface area contributed by atoms with Crippen molar-refractivity contribution in [2.75, 3.05) is 6.61 Å². The Hall–Kier alpha value is -1.57. The van der Waals surface area contributed by atoms with E-state index in [0.717, 1.165) is 11.3 Å². The van der Waals surface area contributed by atoms with Gasteiger partial charge in [-0.2, -0.15) is 0 Å². The summed E-state index contributed by atoms with van der Waals surface area (Å²) >= 11 is 0. The van der Waals surface area contributed by atoms with Crippen molar-refractivity contribution in [1.82, 2.24) is 0 Å². The Labute approximate surface area is 161 Å². The van der Waals surface area contributed by atoms with Gasteiger partial charge in [-0.1, -0.05) is 65.5 Å². The zero-order valence-electron chi connectivity index (χ0n) is 17.7. The molecule has 26 heavy (non-hydrogen) atoms. The Morgan fingerprint density at radius 3 is 2.08 bits per heavy atom. The molecular weight excluding hydrogens is 338 g/mol. The van der Waals surface area contributed by atoms with Crippen molar-refractivity contribution < 1.29 is 9.16 Å². The molecule has 0 bridgehead atoms. The normalized spacial score (nSPS) is 12.3. The summed E-state index contributed by atoms with van der Waals surface area (Å²) in [7, 11) is -1.87. The van der Waals surface area contributed by atoms with Crippen LogP contribution in [0.2, 0.25) is 16.6 Å². The summed E-state index contributed by atoms with van der Waals surface area (Å²) in [5.74, 6) is 6.43. The molecule has 1 rings (SSSR count). The Morgan fingerprint density at radius 2 is 1.54 bits per heavy atom. The van der Waals surface area contributed by atoms with Crippen molar-refractivity contribution in [3.05, 3.63) is 29.8 Å². The van der Waals surface area contributed by atoms with Gasteiger partial charge in [0.05, 0.1) is 24.0 Å². The van der Waals surface area contributed by atoms with E-state index in [9.17, 15) is 0 Å². The van der Waals surface area contributed by atoms with E-state index >= 15 is 0 Å². The summed E-state index contributed by atoms with van der Waals surface area (Å²) in [5.41, 5.74) is 3.41. The molecule has 0 aliphatic carbocycles. The van der Waals surface area contributed by atoms with Gasteiger partial charge >= 0.3 is 0 Å². The number of para-hydroxylation sites is 1. The summed E-state index contributed by atoms with van der Waals surface area (Å²) in [6, 6.07) is 7.86. The number of rotatable bonds is 8. The fourth-order valence-corrected chi connectivity index (χ4v) is 9.02. The first-order valence-electron chi connectivity index (χ1n) is 9.61. The molecular formula is C22H35NO2Si. The van der Waals surface area contributed by atoms with Crippen LogP contribution in [0.1, 0.15) is 61.0 Å². The maximum Gasteiger partial charge on any atom is 0.201 e. The number of hydrogen-bond donors (Lipinski definition) is 0. The Balaban J connectivity index is 2.90. The van der Waals surface area contributed by atoms with Gasteiger partial charge in [0.2, 0.25) is 8.32 Å². The molecule has 0 fully saturated rings. The highest BCUT2D eigenvalue weighted by Crippen LogP contribution is 2.42. The van der Waals surface area contributed by atoms with E-state index in [4.69, 9.17) is 9.16 Å². The van der Waals surface area contributed by atoms with Crippen molar-refractivity contribution >= 4 is 20.4 Å². The molecule has 1 aromatic carbocycles. The second kappa shape index (κ2) is 10.5. The SMILES string of the molecule is CC(C)OC=Nc1ccccc1C#CCO[Si](C(C)C)(C(C)C)C(C)C. The molecule has 0 saturated heterocycles. The molecule has 0 heterocycles. The predicted octanol–water partition coefficient (Wildman–Crippen LogP) is 6.32. The zero-order valence-corrected chi connectivity index (χ0v) is 18.7. The van der Waals surface area contributed by atoms with Crippen molar-refractivity contribution in [1.29, 1.82) is 0 Å². The molecule has 144 valence electrons. The van der Waals surface area contributed by atoms with Gasteiger partial charge in [0.25, 0.3) is 0 Å². The van der Waals surface area contributed by atoms with E-state index in [1.54, 1.807) is 0 Å². The zero-order chi connectivity index (χ0) is 19.7. The second-order valence-electron chi connectivity index (χ2n) is 7.84. The van der Waals surface area contributed by atoms with E-state index in [1.807, 2.05) is 38.1 Å². The summed E-state index contributed by atoms with van der Waals surface area (Å²) in [6.07, 6.45) is 1.61. The van der Waals surface area contributed by atoms with Crippen molar-refractivity contribution in [3.63, 3.8) is 0 Å². The van der Waals surface area contributed by atoms with E-state index in [1.165, 1.54) is 6.40 Å². The molecule has 4 heteroatoms. The van der Waals surface area contributed by atoms with Crippen LogP contribution in [-0.4, -0.2) is 27.4 Å². The van der Waals surface area contributed by atoms with Gasteiger partial charge in [0.15, 0.2) is 6.40 Å². The molecule has 0 atom stereocenters. The molecule has 0 amide bonds. The third-order valence-corrected chi connectivity index (χ3v) is 10.8. The molecule has 0 N–H and O–H groups in total. The minimum Gasteiger partial charge on any atom is -0.481 e. The molecule has 0 radical (unpaired) electrons. The average Bonchev–Trinajstić information content (AvgIpc) is 2.54. The van der Waals surface area contributed by atoms with Crippen molar-refractivity contribution in [2.45, 2.75) is 78.1 Å². The first kappa shape index (κ1) is 22.5. The number of aliphatic imine (C=N–C) groups is 1. The van der Waals surface area contributed by atoms with E-state index in [0.29, 0.717) is 23.2 Å². The first-order valence-corrected chi connectivity index (χ1v) is 11.8. The smallest absolute Gasteiger partial charge is 0.201 e. The molecule has 0 aromatic heterocycles. The highest BCUT2D eigenvalue weighted by Gasteiger charge is 2.44. The summed E-state index contributed by atoms with van der Waals surface area (Å²) < 4.78 is 11.9. The first-order chi connectivity index (χ1) is 12.2. The second-order valence-corrected chi connectivity index (χ2v) is 13.3. The van der Waals surface area contributed by atoms with Gasteiger partial charge in [0.1, 0.15) is 0 Å². The minimum absolute atomic E-state index is 0.117. The van der Waals surface area contributed by atoms with Crippen LogP contribution >= 0.6 is 0 Å². The quantitative estimate of drug-likeness (QED) is 0.231. The summed E-state index contributed by atoms with van der Waals surface area (Å²) in [6.45, 7) is 18.2. The average molecular weight is 374 g/mol. The highest BCUT2D eigenvalue weighted by molar-refractivity contribution is 6.77. The summed E-state index contributed by atoms with van der Waals surface area (Å²) in [5, 5.41) is 0. The van der Waals surface area contributed by atoms with Crippen LogP contribution in [0.15, 0.2) is 29.3 Å². The molecule has 0 aliphatic rings. The van der Waals surface area contributed by atoms with Gasteiger partial charge in [-0.05, 0) is 42.6 Å². The minimum atomic E-state index is -1.87. The highest BCUT2D eigenvalue weighted by atomic mass is 28.4. The lowest BCUT2D eigenvalue weighted by Crippen LogP contribution is -2.47.